The molecule has 0 heterocycles. The van der Waals surface area contributed by atoms with E-state index in [0.717, 1.165) is 0 Å². The van der Waals surface area contributed by atoms with Crippen molar-refractivity contribution in [2.45, 2.75) is 26.4 Å². The number of aliphatic hydroxyl groups excluding tert-OH is 1. The summed E-state index contributed by atoms with van der Waals surface area (Å²) in [6, 6.07) is 0. The number of hydrogen-bond acceptors (Lipinski definition) is 4. The van der Waals surface area contributed by atoms with Gasteiger partial charge in [0.1, 0.15) is 0 Å². The predicted octanol–water partition coefficient (Wildman–Crippen LogP) is -0.190. The number of carbonyl (C=O) groups excluding carboxylic acids is 1. The zero-order valence-corrected chi connectivity index (χ0v) is 6.20. The van der Waals surface area contributed by atoms with Crippen LogP contribution in [-0.2, 0) is 9.63 Å². The van der Waals surface area contributed by atoms with Crippen molar-refractivity contribution < 1.29 is 14.7 Å². The highest BCUT2D eigenvalue weighted by molar-refractivity contribution is 5.73. The second-order valence-electron chi connectivity index (χ2n) is 2.58. The summed E-state index contributed by atoms with van der Waals surface area (Å²) in [4.78, 5) is 14.3. The minimum Gasteiger partial charge on any atom is -0.381 e. The van der Waals surface area contributed by atoms with Crippen LogP contribution in [0, 0.1) is 5.92 Å². The Kier molecular flexibility index (Phi) is 3.99. The quantitative estimate of drug-likeness (QED) is 0.543. The summed E-state index contributed by atoms with van der Waals surface area (Å²) in [5, 5.41) is 8.93. The summed E-state index contributed by atoms with van der Waals surface area (Å²) >= 11 is 0. The van der Waals surface area contributed by atoms with Gasteiger partial charge in [0.05, 0.1) is 0 Å². The van der Waals surface area contributed by atoms with Crippen molar-refractivity contribution in [3.05, 3.63) is 0 Å². The third-order valence-electron chi connectivity index (χ3n) is 1.08. The molecule has 60 valence electrons. The summed E-state index contributed by atoms with van der Waals surface area (Å²) in [5.74, 6) is 4.03. The SMILES string of the molecule is CC(C)CC(O)C(=O)ON. The molecule has 0 aromatic heterocycles. The first-order valence-corrected chi connectivity index (χ1v) is 3.16. The van der Waals surface area contributed by atoms with E-state index in [-0.39, 0.29) is 5.92 Å². The molecule has 0 aliphatic carbocycles. The van der Waals surface area contributed by atoms with E-state index in [1.807, 2.05) is 13.8 Å². The van der Waals surface area contributed by atoms with Crippen LogP contribution in [0.1, 0.15) is 20.3 Å². The highest BCUT2D eigenvalue weighted by atomic mass is 16.7. The predicted molar refractivity (Wildman–Crippen MR) is 35.7 cm³/mol. The molecule has 0 aromatic carbocycles. The van der Waals surface area contributed by atoms with Crippen molar-refractivity contribution in [1.29, 1.82) is 0 Å². The first-order chi connectivity index (χ1) is 4.57. The average molecular weight is 147 g/mol. The first-order valence-electron chi connectivity index (χ1n) is 3.16. The van der Waals surface area contributed by atoms with E-state index in [2.05, 4.69) is 10.7 Å². The lowest BCUT2D eigenvalue weighted by atomic mass is 10.1. The normalized spacial score (nSPS) is 13.3. The summed E-state index contributed by atoms with van der Waals surface area (Å²) in [7, 11) is 0. The first kappa shape index (κ1) is 9.39. The van der Waals surface area contributed by atoms with Crippen LogP contribution in [0.25, 0.3) is 0 Å². The van der Waals surface area contributed by atoms with Gasteiger partial charge >= 0.3 is 5.97 Å². The molecule has 0 rings (SSSR count). The Labute approximate surface area is 59.9 Å². The fourth-order valence-corrected chi connectivity index (χ4v) is 0.621. The van der Waals surface area contributed by atoms with Gasteiger partial charge in [0.2, 0.25) is 0 Å². The fourth-order valence-electron chi connectivity index (χ4n) is 0.621. The third-order valence-corrected chi connectivity index (χ3v) is 1.08. The highest BCUT2D eigenvalue weighted by Crippen LogP contribution is 2.04. The maximum Gasteiger partial charge on any atom is 0.353 e. The van der Waals surface area contributed by atoms with Crippen LogP contribution in [0.15, 0.2) is 0 Å². The van der Waals surface area contributed by atoms with Crippen molar-refractivity contribution in [2.24, 2.45) is 11.8 Å². The molecule has 1 atom stereocenters. The van der Waals surface area contributed by atoms with Gasteiger partial charge in [-0.3, -0.25) is 0 Å². The second-order valence-corrected chi connectivity index (χ2v) is 2.58. The van der Waals surface area contributed by atoms with Gasteiger partial charge in [-0.25, -0.2) is 4.79 Å². The van der Waals surface area contributed by atoms with Crippen LogP contribution >= 0.6 is 0 Å². The Balaban J connectivity index is 3.61. The van der Waals surface area contributed by atoms with E-state index < -0.39 is 12.1 Å². The van der Waals surface area contributed by atoms with Crippen LogP contribution in [0.3, 0.4) is 0 Å². The molecule has 0 amide bonds. The number of hydrogen-bond donors (Lipinski definition) is 2. The van der Waals surface area contributed by atoms with Gasteiger partial charge in [0.15, 0.2) is 6.10 Å². The van der Waals surface area contributed by atoms with Gasteiger partial charge in [0, 0.05) is 0 Å². The van der Waals surface area contributed by atoms with Gasteiger partial charge in [-0.2, -0.15) is 5.90 Å². The third kappa shape index (κ3) is 3.42. The summed E-state index contributed by atoms with van der Waals surface area (Å²) < 4.78 is 0. The van der Waals surface area contributed by atoms with Crippen molar-refractivity contribution in [1.82, 2.24) is 0 Å². The van der Waals surface area contributed by atoms with Gasteiger partial charge in [-0.15, -0.1) is 0 Å². The van der Waals surface area contributed by atoms with Crippen molar-refractivity contribution in [2.75, 3.05) is 0 Å². The Morgan fingerprint density at radius 2 is 2.20 bits per heavy atom. The number of nitrogens with two attached hydrogens (primary N) is 1. The molecular weight excluding hydrogens is 134 g/mol. The number of rotatable bonds is 3. The van der Waals surface area contributed by atoms with Crippen molar-refractivity contribution in [3.63, 3.8) is 0 Å². The minimum absolute atomic E-state index is 0.258. The van der Waals surface area contributed by atoms with Crippen molar-refractivity contribution in [3.8, 4) is 0 Å². The van der Waals surface area contributed by atoms with Crippen LogP contribution in [0.2, 0.25) is 0 Å². The van der Waals surface area contributed by atoms with E-state index in [9.17, 15) is 4.79 Å². The lowest BCUT2D eigenvalue weighted by Crippen LogP contribution is -2.26. The standard InChI is InChI=1S/C6H13NO3/c1-4(2)3-5(8)6(9)10-7/h4-5,8H,3,7H2,1-2H3. The molecule has 0 aromatic rings. The second kappa shape index (κ2) is 4.24. The fraction of sp³-hybridized carbons (Fsp3) is 0.833. The Bertz CT molecular complexity index is 114. The molecule has 0 fully saturated rings. The van der Waals surface area contributed by atoms with Gasteiger partial charge in [-0.05, 0) is 12.3 Å². The van der Waals surface area contributed by atoms with Crippen LogP contribution in [0.5, 0.6) is 0 Å². The molecule has 1 unspecified atom stereocenters. The van der Waals surface area contributed by atoms with E-state index >= 15 is 0 Å². The van der Waals surface area contributed by atoms with E-state index in [1.54, 1.807) is 0 Å². The number of aliphatic hydroxyl groups is 1. The zero-order chi connectivity index (χ0) is 8.15. The van der Waals surface area contributed by atoms with E-state index in [4.69, 9.17) is 5.11 Å². The molecule has 0 spiro atoms. The Morgan fingerprint density at radius 1 is 1.70 bits per heavy atom. The van der Waals surface area contributed by atoms with Crippen LogP contribution < -0.4 is 5.90 Å². The molecule has 0 radical (unpaired) electrons. The Hall–Kier alpha value is -0.610. The van der Waals surface area contributed by atoms with Gasteiger partial charge in [-0.1, -0.05) is 13.8 Å². The van der Waals surface area contributed by atoms with Gasteiger partial charge < -0.3 is 9.94 Å². The molecule has 4 nitrogen and oxygen atoms in total. The van der Waals surface area contributed by atoms with Crippen LogP contribution in [-0.4, -0.2) is 17.2 Å². The maximum atomic E-state index is 10.5. The highest BCUT2D eigenvalue weighted by Gasteiger charge is 2.16. The molecule has 10 heavy (non-hydrogen) atoms. The molecule has 0 bridgehead atoms. The largest absolute Gasteiger partial charge is 0.381 e. The molecule has 0 saturated heterocycles. The summed E-state index contributed by atoms with van der Waals surface area (Å²) in [5.41, 5.74) is 0. The monoisotopic (exact) mass is 147 g/mol. The zero-order valence-electron chi connectivity index (χ0n) is 6.20. The average Bonchev–Trinajstić information content (AvgIpc) is 1.85. The summed E-state index contributed by atoms with van der Waals surface area (Å²) in [6.45, 7) is 3.79. The molecular formula is C6H13NO3. The molecule has 4 heteroatoms. The van der Waals surface area contributed by atoms with E-state index in [1.165, 1.54) is 0 Å². The van der Waals surface area contributed by atoms with E-state index in [0.29, 0.717) is 6.42 Å². The molecule has 3 N–H and O–H groups in total. The smallest absolute Gasteiger partial charge is 0.353 e. The lowest BCUT2D eigenvalue weighted by molar-refractivity contribution is -0.154. The molecule has 0 aliphatic rings. The Morgan fingerprint density at radius 3 is 2.50 bits per heavy atom. The van der Waals surface area contributed by atoms with Gasteiger partial charge in [0.25, 0.3) is 0 Å². The van der Waals surface area contributed by atoms with Crippen molar-refractivity contribution >= 4 is 5.97 Å². The lowest BCUT2D eigenvalue weighted by Gasteiger charge is -2.08. The molecule has 0 saturated carbocycles. The maximum absolute atomic E-state index is 10.5. The van der Waals surface area contributed by atoms with Crippen LogP contribution in [0.4, 0.5) is 0 Å². The number of carbonyl (C=O) groups is 1. The minimum atomic E-state index is -1.08. The topological polar surface area (TPSA) is 72.5 Å². The molecule has 0 aliphatic heterocycles. The summed E-state index contributed by atoms with van der Waals surface area (Å²) in [6.07, 6.45) is -0.694.